The zero-order chi connectivity index (χ0) is 18.3. The molecule has 1 aliphatic carbocycles. The highest BCUT2D eigenvalue weighted by molar-refractivity contribution is 5.81. The monoisotopic (exact) mass is 361 g/mol. The molecule has 6 heteroatoms. The van der Waals surface area contributed by atoms with E-state index in [9.17, 15) is 18.0 Å². The molecule has 1 aliphatic heterocycles. The maximum absolute atomic E-state index is 12.6. The molecule has 0 aromatic heterocycles. The number of fused-ring (bicyclic) bond motifs is 1. The SMILES string of the molecule is O=C(C1CC1)N1CCc2ccc(Oc3ccc(C(F)(F)F)cc3)cc2C1. The van der Waals surface area contributed by atoms with Crippen LogP contribution >= 0.6 is 0 Å². The number of benzene rings is 2. The van der Waals surface area contributed by atoms with E-state index in [-0.39, 0.29) is 11.8 Å². The summed E-state index contributed by atoms with van der Waals surface area (Å²) in [5.41, 5.74) is 1.52. The van der Waals surface area contributed by atoms with E-state index in [0.29, 0.717) is 18.0 Å². The average molecular weight is 361 g/mol. The van der Waals surface area contributed by atoms with E-state index in [1.54, 1.807) is 0 Å². The molecule has 1 amide bonds. The largest absolute Gasteiger partial charge is 0.457 e. The predicted molar refractivity (Wildman–Crippen MR) is 89.8 cm³/mol. The summed E-state index contributed by atoms with van der Waals surface area (Å²) in [6.07, 6.45) is -1.57. The highest BCUT2D eigenvalue weighted by atomic mass is 19.4. The molecule has 3 nitrogen and oxygen atoms in total. The first-order valence-electron chi connectivity index (χ1n) is 8.66. The molecule has 0 unspecified atom stereocenters. The number of hydrogen-bond donors (Lipinski definition) is 0. The van der Waals surface area contributed by atoms with Crippen LogP contribution in [0.1, 0.15) is 29.5 Å². The van der Waals surface area contributed by atoms with E-state index >= 15 is 0 Å². The molecule has 1 fully saturated rings. The van der Waals surface area contributed by atoms with Crippen LogP contribution in [0.2, 0.25) is 0 Å². The Morgan fingerprint density at radius 1 is 1.00 bits per heavy atom. The highest BCUT2D eigenvalue weighted by Gasteiger charge is 2.34. The van der Waals surface area contributed by atoms with Gasteiger partial charge in [-0.1, -0.05) is 6.07 Å². The van der Waals surface area contributed by atoms with Gasteiger partial charge in [0.25, 0.3) is 0 Å². The molecule has 0 atom stereocenters. The van der Waals surface area contributed by atoms with Crippen molar-refractivity contribution in [3.05, 3.63) is 59.2 Å². The van der Waals surface area contributed by atoms with Crippen molar-refractivity contribution in [1.29, 1.82) is 0 Å². The first-order valence-corrected chi connectivity index (χ1v) is 8.66. The standard InChI is InChI=1S/C20H18F3NO2/c21-20(22,23)16-4-7-17(8-5-16)26-18-6-3-13-9-10-24(12-15(13)11-18)19(25)14-1-2-14/h3-8,11,14H,1-2,9-10,12H2. The topological polar surface area (TPSA) is 29.5 Å². The lowest BCUT2D eigenvalue weighted by Crippen LogP contribution is -2.36. The fourth-order valence-electron chi connectivity index (χ4n) is 3.22. The first kappa shape index (κ1) is 16.9. The van der Waals surface area contributed by atoms with Crippen molar-refractivity contribution in [2.45, 2.75) is 32.0 Å². The van der Waals surface area contributed by atoms with Crippen LogP contribution in [0.3, 0.4) is 0 Å². The summed E-state index contributed by atoms with van der Waals surface area (Å²) in [6.45, 7) is 1.30. The van der Waals surface area contributed by atoms with E-state index in [1.165, 1.54) is 17.7 Å². The van der Waals surface area contributed by atoms with Gasteiger partial charge in [-0.05, 0) is 66.8 Å². The minimum absolute atomic E-state index is 0.197. The lowest BCUT2D eigenvalue weighted by atomic mass is 9.99. The Morgan fingerprint density at radius 2 is 1.69 bits per heavy atom. The van der Waals surface area contributed by atoms with Crippen molar-refractivity contribution in [2.24, 2.45) is 5.92 Å². The van der Waals surface area contributed by atoms with Crippen LogP contribution in [-0.2, 0) is 23.9 Å². The minimum Gasteiger partial charge on any atom is -0.457 e. The first-order chi connectivity index (χ1) is 12.4. The Labute approximate surface area is 149 Å². The highest BCUT2D eigenvalue weighted by Crippen LogP contribution is 2.34. The molecule has 1 saturated carbocycles. The van der Waals surface area contributed by atoms with Gasteiger partial charge in [0.1, 0.15) is 11.5 Å². The third kappa shape index (κ3) is 3.54. The van der Waals surface area contributed by atoms with Gasteiger partial charge in [-0.25, -0.2) is 0 Å². The van der Waals surface area contributed by atoms with Gasteiger partial charge >= 0.3 is 6.18 Å². The van der Waals surface area contributed by atoms with Crippen LogP contribution in [0.4, 0.5) is 13.2 Å². The summed E-state index contributed by atoms with van der Waals surface area (Å²) >= 11 is 0. The fraction of sp³-hybridized carbons (Fsp3) is 0.350. The molecule has 0 N–H and O–H groups in total. The molecule has 26 heavy (non-hydrogen) atoms. The normalized spacial score (nSPS) is 17.0. The predicted octanol–water partition coefficient (Wildman–Crippen LogP) is 4.79. The van der Waals surface area contributed by atoms with Crippen LogP contribution in [0.5, 0.6) is 11.5 Å². The molecule has 136 valence electrons. The van der Waals surface area contributed by atoms with Gasteiger partial charge in [0.05, 0.1) is 5.56 Å². The summed E-state index contributed by atoms with van der Waals surface area (Å²) in [7, 11) is 0. The minimum atomic E-state index is -4.36. The zero-order valence-corrected chi connectivity index (χ0v) is 14.1. The molecule has 4 rings (SSSR count). The smallest absolute Gasteiger partial charge is 0.416 e. The van der Waals surface area contributed by atoms with Crippen molar-refractivity contribution in [3.63, 3.8) is 0 Å². The Bertz CT molecular complexity index is 826. The summed E-state index contributed by atoms with van der Waals surface area (Å²) in [5.74, 6) is 1.33. The number of halogens is 3. The molecule has 0 radical (unpaired) electrons. The number of nitrogens with zero attached hydrogens (tertiary/aromatic N) is 1. The van der Waals surface area contributed by atoms with Gasteiger partial charge in [0.2, 0.25) is 5.91 Å². The van der Waals surface area contributed by atoms with Crippen LogP contribution in [0, 0.1) is 5.92 Å². The number of rotatable bonds is 3. The Balaban J connectivity index is 1.48. The lowest BCUT2D eigenvalue weighted by Gasteiger charge is -2.29. The van der Waals surface area contributed by atoms with Crippen molar-refractivity contribution >= 4 is 5.91 Å². The Kier molecular flexibility index (Phi) is 4.13. The van der Waals surface area contributed by atoms with Crippen LogP contribution in [0.15, 0.2) is 42.5 Å². The van der Waals surface area contributed by atoms with Crippen LogP contribution < -0.4 is 4.74 Å². The third-order valence-electron chi connectivity index (χ3n) is 4.85. The molecule has 2 aromatic carbocycles. The third-order valence-corrected chi connectivity index (χ3v) is 4.85. The lowest BCUT2D eigenvalue weighted by molar-refractivity contribution is -0.137. The number of alkyl halides is 3. The second kappa shape index (κ2) is 6.34. The zero-order valence-electron chi connectivity index (χ0n) is 14.1. The number of hydrogen-bond acceptors (Lipinski definition) is 2. The molecule has 0 spiro atoms. The van der Waals surface area contributed by atoms with Gasteiger partial charge in [-0.15, -0.1) is 0 Å². The average Bonchev–Trinajstić information content (AvgIpc) is 3.45. The number of ether oxygens (including phenoxy) is 1. The molecular formula is C20H18F3NO2. The van der Waals surface area contributed by atoms with Gasteiger partial charge in [-0.3, -0.25) is 4.79 Å². The van der Waals surface area contributed by atoms with E-state index in [2.05, 4.69) is 0 Å². The van der Waals surface area contributed by atoms with Gasteiger partial charge < -0.3 is 9.64 Å². The Morgan fingerprint density at radius 3 is 2.35 bits per heavy atom. The summed E-state index contributed by atoms with van der Waals surface area (Å²) in [6, 6.07) is 10.3. The van der Waals surface area contributed by atoms with E-state index in [1.807, 2.05) is 23.1 Å². The number of amides is 1. The fourth-order valence-corrected chi connectivity index (χ4v) is 3.22. The van der Waals surface area contributed by atoms with Gasteiger partial charge in [0, 0.05) is 19.0 Å². The van der Waals surface area contributed by atoms with Crippen LogP contribution in [0.25, 0.3) is 0 Å². The quantitative estimate of drug-likeness (QED) is 0.786. The van der Waals surface area contributed by atoms with Crippen molar-refractivity contribution < 1.29 is 22.7 Å². The summed E-state index contributed by atoms with van der Waals surface area (Å²) < 4.78 is 43.6. The molecule has 2 aliphatic rings. The molecule has 0 bridgehead atoms. The molecular weight excluding hydrogens is 343 g/mol. The summed E-state index contributed by atoms with van der Waals surface area (Å²) in [4.78, 5) is 14.2. The second-order valence-corrected chi connectivity index (χ2v) is 6.84. The van der Waals surface area contributed by atoms with E-state index < -0.39 is 11.7 Å². The molecule has 0 saturated heterocycles. The number of carbonyl (C=O) groups excluding carboxylic acids is 1. The van der Waals surface area contributed by atoms with Gasteiger partial charge in [-0.2, -0.15) is 13.2 Å². The number of carbonyl (C=O) groups is 1. The van der Waals surface area contributed by atoms with Crippen LogP contribution in [-0.4, -0.2) is 17.4 Å². The van der Waals surface area contributed by atoms with E-state index in [4.69, 9.17) is 4.74 Å². The maximum Gasteiger partial charge on any atom is 0.416 e. The summed E-state index contributed by atoms with van der Waals surface area (Å²) in [5, 5.41) is 0. The van der Waals surface area contributed by atoms with E-state index in [0.717, 1.165) is 43.5 Å². The van der Waals surface area contributed by atoms with Crippen molar-refractivity contribution in [1.82, 2.24) is 4.90 Å². The maximum atomic E-state index is 12.6. The van der Waals surface area contributed by atoms with Gasteiger partial charge in [0.15, 0.2) is 0 Å². The molecule has 2 aromatic rings. The molecule has 1 heterocycles. The second-order valence-electron chi connectivity index (χ2n) is 6.84. The van der Waals surface area contributed by atoms with Crippen molar-refractivity contribution in [2.75, 3.05) is 6.54 Å². The Hall–Kier alpha value is -2.50. The van der Waals surface area contributed by atoms with Crippen molar-refractivity contribution in [3.8, 4) is 11.5 Å².